The van der Waals surface area contributed by atoms with Gasteiger partial charge in [0.15, 0.2) is 0 Å². The molecule has 2 saturated heterocycles. The Kier molecular flexibility index (Phi) is 10.3. The van der Waals surface area contributed by atoms with Crippen molar-refractivity contribution < 1.29 is 33.8 Å². The van der Waals surface area contributed by atoms with Crippen molar-refractivity contribution >= 4 is 23.7 Å². The Morgan fingerprint density at radius 1 is 1.04 bits per heavy atom. The molecule has 4 heterocycles. The Morgan fingerprint density at radius 2 is 1.75 bits per heavy atom. The van der Waals surface area contributed by atoms with Crippen LogP contribution in [0.1, 0.15) is 85.8 Å². The zero-order valence-electron chi connectivity index (χ0n) is 29.5. The van der Waals surface area contributed by atoms with E-state index in [0.29, 0.717) is 25.8 Å². The summed E-state index contributed by atoms with van der Waals surface area (Å²) in [4.78, 5) is 60.4. The average molecular weight is 664 g/mol. The maximum absolute atomic E-state index is 15.0. The van der Waals surface area contributed by atoms with Crippen LogP contribution in [0.15, 0.2) is 54.6 Å². The summed E-state index contributed by atoms with van der Waals surface area (Å²) >= 11 is 0. The largest absolute Gasteiger partial charge is 0.463 e. The number of nitrogens with one attached hydrogen (secondary N) is 1. The second kappa shape index (κ2) is 13.8. The number of nitrogens with zero attached hydrogens (tertiary/aromatic N) is 2. The van der Waals surface area contributed by atoms with Crippen molar-refractivity contribution in [1.29, 1.82) is 0 Å². The third-order valence-corrected chi connectivity index (χ3v) is 10.5. The van der Waals surface area contributed by atoms with Gasteiger partial charge < -0.3 is 29.7 Å². The molecule has 4 aliphatic rings. The molecule has 8 atom stereocenters. The van der Waals surface area contributed by atoms with E-state index in [1.165, 1.54) is 0 Å². The predicted octanol–water partition coefficient (Wildman–Crippen LogP) is 4.34. The number of likely N-dealkylation sites (tertiary alicyclic amines) is 1. The smallest absolute Gasteiger partial charge is 0.306 e. The van der Waals surface area contributed by atoms with E-state index in [1.54, 1.807) is 17.1 Å². The molecule has 262 valence electrons. The second-order valence-corrected chi connectivity index (χ2v) is 15.7. The fourth-order valence-corrected chi connectivity index (χ4v) is 8.49. The average Bonchev–Trinajstić information content (AvgIpc) is 3.40. The number of allylic oxidation sites excluding steroid dienone is 1. The highest BCUT2D eigenvalue weighted by Crippen LogP contribution is 2.54. The van der Waals surface area contributed by atoms with Crippen molar-refractivity contribution in [2.45, 2.75) is 110 Å². The van der Waals surface area contributed by atoms with Crippen LogP contribution in [0.5, 0.6) is 0 Å². The zero-order valence-corrected chi connectivity index (χ0v) is 29.5. The van der Waals surface area contributed by atoms with Crippen LogP contribution in [0, 0.1) is 23.2 Å². The van der Waals surface area contributed by atoms with Crippen LogP contribution in [0.3, 0.4) is 0 Å². The fourth-order valence-electron chi connectivity index (χ4n) is 8.49. The van der Waals surface area contributed by atoms with Crippen LogP contribution in [0.2, 0.25) is 0 Å². The third-order valence-electron chi connectivity index (χ3n) is 10.5. The number of aliphatic hydroxyl groups is 1. The van der Waals surface area contributed by atoms with Gasteiger partial charge in [0.25, 0.3) is 0 Å². The van der Waals surface area contributed by atoms with Crippen molar-refractivity contribution in [2.75, 3.05) is 19.8 Å². The minimum Gasteiger partial charge on any atom is -0.463 e. The summed E-state index contributed by atoms with van der Waals surface area (Å²) in [7, 11) is 0. The Hall–Kier alpha value is -3.50. The van der Waals surface area contributed by atoms with E-state index in [9.17, 15) is 19.5 Å². The Labute approximate surface area is 284 Å². The Balaban J connectivity index is 1.64. The van der Waals surface area contributed by atoms with Crippen LogP contribution in [0.4, 0.5) is 0 Å². The predicted molar refractivity (Wildman–Crippen MR) is 181 cm³/mol. The van der Waals surface area contributed by atoms with Crippen molar-refractivity contribution in [3.63, 3.8) is 0 Å². The van der Waals surface area contributed by atoms with E-state index >= 15 is 4.79 Å². The van der Waals surface area contributed by atoms with Crippen LogP contribution >= 0.6 is 0 Å². The standard InChI is InChI=1S/C38H53N3O7/c1-8-24(2)27(21-42)41-32-35(46)40(37(6,7)23-36(3,4)5)20-14-19-38(32)31(34(41)45)30-28(48-38)17-12-13-18-29(43)47-22-26(39-33(30)44)25-15-10-9-11-16-25/h9-12,14-17,19,24,26-28,30-32,42H,8,13,18,20-23H2,1-7H3,(H,39,44)/b17-12-/t24-,26+,27-,28-,30+,31+,32-,38+/m0/s1. The quantitative estimate of drug-likeness (QED) is 0.329. The molecule has 0 bridgehead atoms. The molecule has 0 aromatic heterocycles. The number of fused-ring (bicyclic) bond motifs is 2. The van der Waals surface area contributed by atoms with Gasteiger partial charge in [0.05, 0.1) is 36.6 Å². The number of rotatable bonds is 7. The SMILES string of the molecule is CC[C@H](C)[C@H](CO)N1C(=O)[C@H]2[C@@H]3C(=O)N[C@@H](c4ccccc4)COC(=O)CC/C=C\[C@@H]3O[C@]23C=CCN(C(C)(C)CC(C)(C)C)C(=O)[C@H]13. The Morgan fingerprint density at radius 3 is 2.40 bits per heavy atom. The maximum atomic E-state index is 15.0. The summed E-state index contributed by atoms with van der Waals surface area (Å²) in [5.74, 6) is -3.56. The number of aliphatic hydroxyl groups excluding tert-OH is 1. The van der Waals surface area contributed by atoms with Crippen molar-refractivity contribution in [2.24, 2.45) is 23.2 Å². The molecule has 0 saturated carbocycles. The van der Waals surface area contributed by atoms with E-state index in [2.05, 4.69) is 26.1 Å². The van der Waals surface area contributed by atoms with Crippen molar-refractivity contribution in [3.05, 3.63) is 60.2 Å². The van der Waals surface area contributed by atoms with E-state index < -0.39 is 53.1 Å². The van der Waals surface area contributed by atoms with Crippen molar-refractivity contribution in [3.8, 4) is 0 Å². The van der Waals surface area contributed by atoms with Gasteiger partial charge in [-0.1, -0.05) is 95.7 Å². The topological polar surface area (TPSA) is 125 Å². The first-order valence-electron chi connectivity index (χ1n) is 17.4. The minimum atomic E-state index is -1.45. The molecular weight excluding hydrogens is 610 g/mol. The summed E-state index contributed by atoms with van der Waals surface area (Å²) in [5, 5.41) is 13.8. The molecule has 0 unspecified atom stereocenters. The van der Waals surface area contributed by atoms with E-state index in [1.807, 2.05) is 75.1 Å². The van der Waals surface area contributed by atoms with E-state index in [4.69, 9.17) is 9.47 Å². The van der Waals surface area contributed by atoms with E-state index in [-0.39, 0.29) is 48.8 Å². The number of amides is 3. The van der Waals surface area contributed by atoms with Gasteiger partial charge >= 0.3 is 5.97 Å². The normalized spacial score (nSPS) is 31.8. The first-order valence-corrected chi connectivity index (χ1v) is 17.4. The Bertz CT molecular complexity index is 1430. The molecule has 0 aliphatic carbocycles. The second-order valence-electron chi connectivity index (χ2n) is 15.7. The molecule has 10 heteroatoms. The van der Waals surface area contributed by atoms with Gasteiger partial charge in [0, 0.05) is 18.5 Å². The highest BCUT2D eigenvalue weighted by Gasteiger charge is 2.72. The molecular formula is C38H53N3O7. The molecule has 1 aromatic rings. The molecule has 2 N–H and O–H groups in total. The van der Waals surface area contributed by atoms with Gasteiger partial charge in [-0.25, -0.2) is 0 Å². The number of ether oxygens (including phenoxy) is 2. The lowest BCUT2D eigenvalue weighted by atomic mass is 9.77. The lowest BCUT2D eigenvalue weighted by Gasteiger charge is -2.46. The molecule has 3 amide bonds. The summed E-state index contributed by atoms with van der Waals surface area (Å²) in [5.41, 5.74) is -1.34. The van der Waals surface area contributed by atoms with Gasteiger partial charge in [0.1, 0.15) is 18.2 Å². The van der Waals surface area contributed by atoms with Gasteiger partial charge in [-0.3, -0.25) is 19.2 Å². The summed E-state index contributed by atoms with van der Waals surface area (Å²) in [6, 6.07) is 6.87. The fraction of sp³-hybridized carbons (Fsp3) is 0.632. The molecule has 10 nitrogen and oxygen atoms in total. The zero-order chi connectivity index (χ0) is 35.0. The first kappa shape index (κ1) is 35.8. The number of esters is 1. The number of cyclic esters (lactones) is 1. The summed E-state index contributed by atoms with van der Waals surface area (Å²) in [6.45, 7) is 14.4. The lowest BCUT2D eigenvalue weighted by Crippen LogP contribution is -2.62. The molecule has 0 radical (unpaired) electrons. The first-order chi connectivity index (χ1) is 22.6. The van der Waals surface area contributed by atoms with Crippen molar-refractivity contribution in [1.82, 2.24) is 15.1 Å². The number of carbonyl (C=O) groups is 4. The molecule has 1 aromatic carbocycles. The minimum absolute atomic E-state index is 0.0636. The van der Waals surface area contributed by atoms with E-state index in [0.717, 1.165) is 5.56 Å². The number of hydrogen-bond donors (Lipinski definition) is 2. The van der Waals surface area contributed by atoms with Gasteiger partial charge in [0.2, 0.25) is 17.7 Å². The lowest BCUT2D eigenvalue weighted by molar-refractivity contribution is -0.156. The number of carbonyl (C=O) groups excluding carboxylic acids is 4. The highest BCUT2D eigenvalue weighted by molar-refractivity contribution is 6.00. The summed E-state index contributed by atoms with van der Waals surface area (Å²) < 4.78 is 12.5. The van der Waals surface area contributed by atoms with Gasteiger partial charge in [-0.2, -0.15) is 0 Å². The highest BCUT2D eigenvalue weighted by atomic mass is 16.5. The van der Waals surface area contributed by atoms with Crippen LogP contribution in [0.25, 0.3) is 0 Å². The number of hydrogen-bond acceptors (Lipinski definition) is 7. The molecule has 48 heavy (non-hydrogen) atoms. The molecule has 2 fully saturated rings. The van der Waals surface area contributed by atoms with Gasteiger partial charge in [-0.15, -0.1) is 0 Å². The monoisotopic (exact) mass is 663 g/mol. The number of benzene rings is 1. The summed E-state index contributed by atoms with van der Waals surface area (Å²) in [6.07, 6.45) is 8.35. The molecule has 5 rings (SSSR count). The molecule has 4 aliphatic heterocycles. The maximum Gasteiger partial charge on any atom is 0.306 e. The van der Waals surface area contributed by atoms with Crippen LogP contribution in [-0.4, -0.2) is 87.7 Å². The third kappa shape index (κ3) is 6.70. The van der Waals surface area contributed by atoms with Crippen LogP contribution in [-0.2, 0) is 28.7 Å². The van der Waals surface area contributed by atoms with Gasteiger partial charge in [-0.05, 0) is 43.6 Å². The molecule has 1 spiro atoms. The van der Waals surface area contributed by atoms with Crippen LogP contribution < -0.4 is 5.32 Å².